The van der Waals surface area contributed by atoms with Gasteiger partial charge in [-0.15, -0.1) is 0 Å². The van der Waals surface area contributed by atoms with Crippen molar-refractivity contribution in [1.82, 2.24) is 4.72 Å². The first kappa shape index (κ1) is 16.8. The van der Waals surface area contributed by atoms with Crippen molar-refractivity contribution in [3.8, 4) is 0 Å². The number of benzene rings is 2. The minimum atomic E-state index is -1.10. The third-order valence-electron chi connectivity index (χ3n) is 2.12. The van der Waals surface area contributed by atoms with E-state index in [4.69, 9.17) is 0 Å². The van der Waals surface area contributed by atoms with Crippen molar-refractivity contribution >= 4 is 21.8 Å². The molecule has 0 amide bonds. The highest BCUT2D eigenvalue weighted by molar-refractivity contribution is 7.83. The molecule has 0 aliphatic rings. The van der Waals surface area contributed by atoms with Gasteiger partial charge in [0.15, 0.2) is 0 Å². The highest BCUT2D eigenvalue weighted by Crippen LogP contribution is 2.16. The maximum Gasteiger partial charge on any atom is 0.124 e. The Kier molecular flexibility index (Phi) is 9.15. The molecule has 0 fully saturated rings. The lowest BCUT2D eigenvalue weighted by atomic mass is 10.1. The van der Waals surface area contributed by atoms with Gasteiger partial charge in [-0.25, -0.2) is 8.93 Å². The van der Waals surface area contributed by atoms with Crippen LogP contribution in [0.25, 0.3) is 10.8 Å². The monoisotopic (exact) mass is 265 g/mol. The predicted octanol–water partition coefficient (Wildman–Crippen LogP) is 4.13. The molecule has 0 bridgehead atoms. The molecule has 0 aliphatic heterocycles. The van der Waals surface area contributed by atoms with Crippen molar-refractivity contribution in [3.05, 3.63) is 42.5 Å². The van der Waals surface area contributed by atoms with Crippen LogP contribution in [-0.2, 0) is 11.0 Å². The number of hydrogen-bond donors (Lipinski definition) is 1. The molecule has 18 heavy (non-hydrogen) atoms. The highest BCUT2D eigenvalue weighted by atomic mass is 32.2. The van der Waals surface area contributed by atoms with Gasteiger partial charge in [-0.3, -0.25) is 0 Å². The van der Waals surface area contributed by atoms with Gasteiger partial charge in [0.1, 0.15) is 11.0 Å². The Labute approximate surface area is 113 Å². The standard InChI is InChI=1S/C11H11NOS.2C2H6/c1-12-14(13)11-7-6-9-4-2-3-5-10(9)8-11;2*1-2/h2-8,12H,1H3;2*1-2H3. The smallest absolute Gasteiger partial charge is 0.124 e. The summed E-state index contributed by atoms with van der Waals surface area (Å²) in [6.07, 6.45) is 0. The second kappa shape index (κ2) is 9.80. The molecular formula is C15H23NOS. The van der Waals surface area contributed by atoms with Gasteiger partial charge >= 0.3 is 0 Å². The van der Waals surface area contributed by atoms with Crippen LogP contribution in [0.2, 0.25) is 0 Å². The summed E-state index contributed by atoms with van der Waals surface area (Å²) < 4.78 is 14.2. The first-order valence-electron chi connectivity index (χ1n) is 6.39. The maximum absolute atomic E-state index is 11.5. The van der Waals surface area contributed by atoms with Crippen LogP contribution in [0, 0.1) is 0 Å². The average molecular weight is 265 g/mol. The highest BCUT2D eigenvalue weighted by Gasteiger charge is 2.01. The average Bonchev–Trinajstić information content (AvgIpc) is 2.50. The Hall–Kier alpha value is -1.19. The molecule has 0 spiro atoms. The quantitative estimate of drug-likeness (QED) is 0.869. The third kappa shape index (κ3) is 4.59. The molecule has 1 unspecified atom stereocenters. The van der Waals surface area contributed by atoms with Crippen molar-refractivity contribution in [2.45, 2.75) is 32.6 Å². The van der Waals surface area contributed by atoms with Gasteiger partial charge in [0.25, 0.3) is 0 Å². The first-order chi connectivity index (χ1) is 8.81. The van der Waals surface area contributed by atoms with E-state index < -0.39 is 11.0 Å². The fourth-order valence-corrected chi connectivity index (χ4v) is 2.06. The fourth-order valence-electron chi connectivity index (χ4n) is 1.40. The van der Waals surface area contributed by atoms with Gasteiger partial charge in [0, 0.05) is 0 Å². The molecule has 0 saturated carbocycles. The SMILES string of the molecule is CC.CC.CNS(=O)c1ccc2ccccc2c1. The summed E-state index contributed by atoms with van der Waals surface area (Å²) in [7, 11) is 0.589. The predicted molar refractivity (Wildman–Crippen MR) is 82.1 cm³/mol. The number of nitrogens with one attached hydrogen (secondary N) is 1. The third-order valence-corrected chi connectivity index (χ3v) is 3.17. The summed E-state index contributed by atoms with van der Waals surface area (Å²) in [5.74, 6) is 0. The zero-order chi connectivity index (χ0) is 14.0. The van der Waals surface area contributed by atoms with E-state index in [0.717, 1.165) is 10.3 Å². The number of rotatable bonds is 2. The van der Waals surface area contributed by atoms with E-state index in [9.17, 15) is 4.21 Å². The molecule has 1 N–H and O–H groups in total. The van der Waals surface area contributed by atoms with Gasteiger partial charge in [0.05, 0.1) is 4.90 Å². The van der Waals surface area contributed by atoms with E-state index in [2.05, 4.69) is 4.72 Å². The molecule has 0 aromatic heterocycles. The van der Waals surface area contributed by atoms with E-state index in [1.54, 1.807) is 7.05 Å². The molecule has 100 valence electrons. The summed E-state index contributed by atoms with van der Waals surface area (Å²) in [5, 5.41) is 2.29. The minimum Gasteiger partial charge on any atom is -0.238 e. The molecule has 0 radical (unpaired) electrons. The Morgan fingerprint density at radius 3 is 2.00 bits per heavy atom. The van der Waals surface area contributed by atoms with Crippen LogP contribution < -0.4 is 4.72 Å². The number of hydrogen-bond acceptors (Lipinski definition) is 1. The van der Waals surface area contributed by atoms with Crippen LogP contribution in [0.5, 0.6) is 0 Å². The van der Waals surface area contributed by atoms with E-state index in [1.165, 1.54) is 5.39 Å². The Morgan fingerprint density at radius 1 is 0.889 bits per heavy atom. The van der Waals surface area contributed by atoms with E-state index in [1.807, 2.05) is 70.2 Å². The van der Waals surface area contributed by atoms with Crippen molar-refractivity contribution in [2.24, 2.45) is 0 Å². The van der Waals surface area contributed by atoms with Crippen LogP contribution in [0.3, 0.4) is 0 Å². The second-order valence-electron chi connectivity index (χ2n) is 2.98. The summed E-state index contributed by atoms with van der Waals surface area (Å²) in [6, 6.07) is 13.9. The lowest BCUT2D eigenvalue weighted by Crippen LogP contribution is -2.10. The van der Waals surface area contributed by atoms with Crippen molar-refractivity contribution < 1.29 is 4.21 Å². The summed E-state index contributed by atoms with van der Waals surface area (Å²) >= 11 is 0. The van der Waals surface area contributed by atoms with Crippen molar-refractivity contribution in [3.63, 3.8) is 0 Å². The van der Waals surface area contributed by atoms with Gasteiger partial charge < -0.3 is 0 Å². The molecule has 2 nitrogen and oxygen atoms in total. The van der Waals surface area contributed by atoms with E-state index in [-0.39, 0.29) is 0 Å². The second-order valence-corrected chi connectivity index (χ2v) is 4.40. The van der Waals surface area contributed by atoms with Crippen LogP contribution >= 0.6 is 0 Å². The first-order valence-corrected chi connectivity index (χ1v) is 7.54. The van der Waals surface area contributed by atoms with Gasteiger partial charge in [-0.1, -0.05) is 58.0 Å². The molecule has 2 aromatic rings. The molecule has 1 atom stereocenters. The molecule has 0 saturated heterocycles. The largest absolute Gasteiger partial charge is 0.238 e. The zero-order valence-electron chi connectivity index (χ0n) is 11.9. The topological polar surface area (TPSA) is 29.1 Å². The van der Waals surface area contributed by atoms with Gasteiger partial charge in [0.2, 0.25) is 0 Å². The van der Waals surface area contributed by atoms with E-state index in [0.29, 0.717) is 0 Å². The van der Waals surface area contributed by atoms with Crippen molar-refractivity contribution in [2.75, 3.05) is 7.05 Å². The van der Waals surface area contributed by atoms with Crippen LogP contribution in [0.15, 0.2) is 47.4 Å². The van der Waals surface area contributed by atoms with Crippen LogP contribution in [0.4, 0.5) is 0 Å². The fraction of sp³-hybridized carbons (Fsp3) is 0.333. The Bertz CT molecular complexity index is 483. The Balaban J connectivity index is 0.000000659. The lowest BCUT2D eigenvalue weighted by Gasteiger charge is -2.01. The van der Waals surface area contributed by atoms with E-state index >= 15 is 0 Å². The molecule has 0 heterocycles. The Morgan fingerprint density at radius 2 is 1.44 bits per heavy atom. The van der Waals surface area contributed by atoms with Crippen LogP contribution in [-0.4, -0.2) is 11.3 Å². The summed E-state index contributed by atoms with van der Waals surface area (Å²) in [5.41, 5.74) is 0. The lowest BCUT2D eigenvalue weighted by molar-refractivity contribution is 0.678. The summed E-state index contributed by atoms with van der Waals surface area (Å²) in [6.45, 7) is 8.00. The molecule has 2 rings (SSSR count). The maximum atomic E-state index is 11.5. The van der Waals surface area contributed by atoms with Gasteiger partial charge in [-0.05, 0) is 30.0 Å². The molecule has 0 aliphatic carbocycles. The van der Waals surface area contributed by atoms with Crippen LogP contribution in [0.1, 0.15) is 27.7 Å². The molecule has 2 aromatic carbocycles. The number of fused-ring (bicyclic) bond motifs is 1. The van der Waals surface area contributed by atoms with Crippen molar-refractivity contribution in [1.29, 1.82) is 0 Å². The molecule has 3 heteroatoms. The zero-order valence-corrected chi connectivity index (χ0v) is 12.7. The normalized spacial score (nSPS) is 10.7. The molecular weight excluding hydrogens is 242 g/mol. The summed E-state index contributed by atoms with van der Waals surface area (Å²) in [4.78, 5) is 0.811. The minimum absolute atomic E-state index is 0.811. The van der Waals surface area contributed by atoms with Gasteiger partial charge in [-0.2, -0.15) is 0 Å².